The van der Waals surface area contributed by atoms with Crippen LogP contribution in [0.3, 0.4) is 0 Å². The summed E-state index contributed by atoms with van der Waals surface area (Å²) in [6.07, 6.45) is -2.99. The van der Waals surface area contributed by atoms with Gasteiger partial charge in [0.25, 0.3) is 6.43 Å². The van der Waals surface area contributed by atoms with Crippen LogP contribution in [-0.4, -0.2) is 23.6 Å². The summed E-state index contributed by atoms with van der Waals surface area (Å²) in [6.45, 7) is 2.07. The zero-order valence-electron chi connectivity index (χ0n) is 9.50. The van der Waals surface area contributed by atoms with Crippen LogP contribution in [0.25, 0.3) is 0 Å². The highest BCUT2D eigenvalue weighted by Gasteiger charge is 2.44. The van der Waals surface area contributed by atoms with E-state index >= 15 is 0 Å². The Labute approximate surface area is 113 Å². The third-order valence-electron chi connectivity index (χ3n) is 2.63. The molecule has 1 aromatic heterocycles. The molecule has 18 heavy (non-hydrogen) atoms. The van der Waals surface area contributed by atoms with Crippen LogP contribution in [0.4, 0.5) is 8.78 Å². The maximum Gasteiger partial charge on any atom is 0.280 e. The van der Waals surface area contributed by atoms with E-state index in [9.17, 15) is 8.78 Å². The molecular weight excluding hydrogens is 287 g/mol. The second kappa shape index (κ2) is 5.25. The second-order valence-corrected chi connectivity index (χ2v) is 4.65. The first-order valence-corrected chi connectivity index (χ1v) is 6.22. The minimum atomic E-state index is -2.78. The van der Waals surface area contributed by atoms with Gasteiger partial charge in [-0.2, -0.15) is 0 Å². The molecule has 0 bridgehead atoms. The van der Waals surface area contributed by atoms with Crippen LogP contribution >= 0.6 is 23.2 Å². The van der Waals surface area contributed by atoms with Crippen LogP contribution in [0.1, 0.15) is 24.6 Å². The van der Waals surface area contributed by atoms with Crippen molar-refractivity contribution >= 4 is 23.2 Å². The summed E-state index contributed by atoms with van der Waals surface area (Å²) in [5, 5.41) is -0.00943. The van der Waals surface area contributed by atoms with E-state index in [4.69, 9.17) is 32.7 Å². The Morgan fingerprint density at radius 3 is 2.78 bits per heavy atom. The third-order valence-corrected chi connectivity index (χ3v) is 3.19. The van der Waals surface area contributed by atoms with Gasteiger partial charge in [0.15, 0.2) is 0 Å². The van der Waals surface area contributed by atoms with Gasteiger partial charge in [-0.15, -0.1) is 11.6 Å². The van der Waals surface area contributed by atoms with Crippen molar-refractivity contribution in [3.05, 3.63) is 28.5 Å². The molecule has 0 amide bonds. The molecule has 0 N–H and O–H groups in total. The number of nitrogens with zero attached hydrogens (tertiary/aromatic N) is 1. The Bertz CT molecular complexity index is 447. The Hall–Kier alpha value is -0.490. The standard InChI is InChI=1S/C11H11Cl2F2NO2/c1-6-4-17-11(5-12,18-6)7-2-3-8(13)16-9(7)10(14)15/h2-3,6,10H,4-5H2,1H3. The highest BCUT2D eigenvalue weighted by molar-refractivity contribution is 6.29. The summed E-state index contributed by atoms with van der Waals surface area (Å²) in [6, 6.07) is 2.82. The summed E-state index contributed by atoms with van der Waals surface area (Å²) in [4.78, 5) is 3.63. The highest BCUT2D eigenvalue weighted by atomic mass is 35.5. The first-order chi connectivity index (χ1) is 8.48. The molecule has 2 unspecified atom stereocenters. The van der Waals surface area contributed by atoms with Gasteiger partial charge in [0.2, 0.25) is 5.79 Å². The van der Waals surface area contributed by atoms with Crippen LogP contribution in [-0.2, 0) is 15.3 Å². The van der Waals surface area contributed by atoms with Crippen molar-refractivity contribution in [1.29, 1.82) is 0 Å². The van der Waals surface area contributed by atoms with Crippen LogP contribution in [0, 0.1) is 0 Å². The fraction of sp³-hybridized carbons (Fsp3) is 0.545. The van der Waals surface area contributed by atoms with E-state index < -0.39 is 17.9 Å². The van der Waals surface area contributed by atoms with Crippen LogP contribution in [0.5, 0.6) is 0 Å². The van der Waals surface area contributed by atoms with Crippen LogP contribution in [0.15, 0.2) is 12.1 Å². The second-order valence-electron chi connectivity index (χ2n) is 3.99. The Kier molecular flexibility index (Phi) is 4.06. The van der Waals surface area contributed by atoms with Gasteiger partial charge >= 0.3 is 0 Å². The van der Waals surface area contributed by atoms with E-state index in [1.165, 1.54) is 12.1 Å². The van der Waals surface area contributed by atoms with E-state index in [1.54, 1.807) is 6.92 Å². The van der Waals surface area contributed by atoms with E-state index in [2.05, 4.69) is 4.98 Å². The average Bonchev–Trinajstić information content (AvgIpc) is 2.72. The van der Waals surface area contributed by atoms with Gasteiger partial charge in [0.05, 0.1) is 18.6 Å². The van der Waals surface area contributed by atoms with Crippen molar-refractivity contribution in [3.8, 4) is 0 Å². The lowest BCUT2D eigenvalue weighted by Gasteiger charge is -2.27. The van der Waals surface area contributed by atoms with Crippen molar-refractivity contribution in [3.63, 3.8) is 0 Å². The maximum absolute atomic E-state index is 13.0. The van der Waals surface area contributed by atoms with Gasteiger partial charge in [-0.1, -0.05) is 11.6 Å². The first kappa shape index (κ1) is 13.9. The lowest BCUT2D eigenvalue weighted by atomic mass is 10.1. The molecule has 0 spiro atoms. The number of halogens is 4. The molecule has 3 nitrogen and oxygen atoms in total. The number of hydrogen-bond acceptors (Lipinski definition) is 3. The van der Waals surface area contributed by atoms with E-state index in [0.29, 0.717) is 0 Å². The quantitative estimate of drug-likeness (QED) is 0.632. The summed E-state index contributed by atoms with van der Waals surface area (Å²) in [5.74, 6) is -1.47. The fourth-order valence-electron chi connectivity index (χ4n) is 1.87. The van der Waals surface area contributed by atoms with Crippen LogP contribution < -0.4 is 0 Å². The molecule has 0 saturated carbocycles. The number of pyridine rings is 1. The molecule has 2 atom stereocenters. The number of rotatable bonds is 3. The molecule has 2 rings (SSSR count). The molecule has 1 aromatic rings. The summed E-state index contributed by atoms with van der Waals surface area (Å²) >= 11 is 11.5. The lowest BCUT2D eigenvalue weighted by Crippen LogP contribution is -2.31. The minimum absolute atomic E-state index is 0.00943. The number of ether oxygens (including phenoxy) is 2. The molecule has 0 aliphatic carbocycles. The smallest absolute Gasteiger partial charge is 0.280 e. The first-order valence-electron chi connectivity index (χ1n) is 5.31. The molecule has 100 valence electrons. The predicted molar refractivity (Wildman–Crippen MR) is 63.1 cm³/mol. The van der Waals surface area contributed by atoms with Gasteiger partial charge in [0.1, 0.15) is 10.8 Å². The van der Waals surface area contributed by atoms with Crippen molar-refractivity contribution in [1.82, 2.24) is 4.98 Å². The number of aromatic nitrogens is 1. The zero-order chi connectivity index (χ0) is 13.3. The van der Waals surface area contributed by atoms with Crippen molar-refractivity contribution < 1.29 is 18.3 Å². The normalized spacial score (nSPS) is 28.0. The van der Waals surface area contributed by atoms with Gasteiger partial charge < -0.3 is 9.47 Å². The molecule has 1 fully saturated rings. The zero-order valence-corrected chi connectivity index (χ0v) is 11.0. The van der Waals surface area contributed by atoms with Gasteiger partial charge in [-0.3, -0.25) is 0 Å². The van der Waals surface area contributed by atoms with E-state index in [0.717, 1.165) is 0 Å². The van der Waals surface area contributed by atoms with Gasteiger partial charge in [0, 0.05) is 5.56 Å². The average molecular weight is 298 g/mol. The monoisotopic (exact) mass is 297 g/mol. The van der Waals surface area contributed by atoms with Gasteiger partial charge in [-0.05, 0) is 19.1 Å². The molecule has 1 aliphatic heterocycles. The number of alkyl halides is 3. The van der Waals surface area contributed by atoms with Crippen molar-refractivity contribution in [2.45, 2.75) is 25.2 Å². The highest BCUT2D eigenvalue weighted by Crippen LogP contribution is 2.39. The summed E-state index contributed by atoms with van der Waals surface area (Å²) < 4.78 is 37.0. The SMILES string of the molecule is CC1COC(CCl)(c2ccc(Cl)nc2C(F)F)O1. The predicted octanol–water partition coefficient (Wildman–Crippen LogP) is 3.50. The molecule has 0 radical (unpaired) electrons. The van der Waals surface area contributed by atoms with E-state index in [-0.39, 0.29) is 29.3 Å². The fourth-order valence-corrected chi connectivity index (χ4v) is 2.30. The molecule has 0 aromatic carbocycles. The number of hydrogen-bond donors (Lipinski definition) is 0. The van der Waals surface area contributed by atoms with Crippen molar-refractivity contribution in [2.75, 3.05) is 12.5 Å². The van der Waals surface area contributed by atoms with E-state index in [1.807, 2.05) is 0 Å². The third kappa shape index (κ3) is 2.45. The lowest BCUT2D eigenvalue weighted by molar-refractivity contribution is -0.158. The molecule has 2 heterocycles. The molecular formula is C11H11Cl2F2NO2. The largest absolute Gasteiger partial charge is 0.342 e. The Morgan fingerprint density at radius 2 is 2.28 bits per heavy atom. The summed E-state index contributed by atoms with van der Waals surface area (Å²) in [7, 11) is 0. The molecule has 1 saturated heterocycles. The van der Waals surface area contributed by atoms with Gasteiger partial charge in [-0.25, -0.2) is 13.8 Å². The molecule has 7 heteroatoms. The minimum Gasteiger partial charge on any atom is -0.342 e. The Balaban J connectivity index is 2.49. The molecule has 1 aliphatic rings. The maximum atomic E-state index is 13.0. The Morgan fingerprint density at radius 1 is 1.56 bits per heavy atom. The summed E-state index contributed by atoms with van der Waals surface area (Å²) in [5.41, 5.74) is -0.335. The topological polar surface area (TPSA) is 31.4 Å². The van der Waals surface area contributed by atoms with Crippen LogP contribution in [0.2, 0.25) is 5.15 Å². The van der Waals surface area contributed by atoms with Crippen molar-refractivity contribution in [2.24, 2.45) is 0 Å².